The van der Waals surface area contributed by atoms with Gasteiger partial charge in [-0.1, -0.05) is 18.2 Å². The predicted octanol–water partition coefficient (Wildman–Crippen LogP) is 1.84. The molecule has 1 aliphatic rings. The number of benzene rings is 1. The molecule has 1 heterocycles. The highest BCUT2D eigenvalue weighted by molar-refractivity contribution is 5.39. The molecule has 1 N–H and O–H groups in total. The topological polar surface area (TPSA) is 66.6 Å². The SMILES string of the molecule is O=[N+]([O-])c1ccccc1CCN1CCC(CO)CC1. The van der Waals surface area contributed by atoms with Gasteiger partial charge in [0.25, 0.3) is 5.69 Å². The smallest absolute Gasteiger partial charge is 0.272 e. The molecule has 0 bridgehead atoms. The summed E-state index contributed by atoms with van der Waals surface area (Å²) >= 11 is 0. The Morgan fingerprint density at radius 3 is 2.63 bits per heavy atom. The second kappa shape index (κ2) is 6.63. The van der Waals surface area contributed by atoms with E-state index in [1.807, 2.05) is 12.1 Å². The zero-order valence-electron chi connectivity index (χ0n) is 11.0. The number of rotatable bonds is 5. The number of aliphatic hydroxyl groups is 1. The summed E-state index contributed by atoms with van der Waals surface area (Å²) in [6, 6.07) is 6.95. The first kappa shape index (κ1) is 14.0. The molecular formula is C14H20N2O3. The van der Waals surface area contributed by atoms with Crippen LogP contribution in [0.15, 0.2) is 24.3 Å². The molecule has 0 spiro atoms. The maximum absolute atomic E-state index is 10.9. The molecule has 1 aromatic rings. The molecular weight excluding hydrogens is 244 g/mol. The van der Waals surface area contributed by atoms with Crippen LogP contribution in [0.4, 0.5) is 5.69 Å². The molecule has 0 saturated carbocycles. The van der Waals surface area contributed by atoms with Gasteiger partial charge in [-0.25, -0.2) is 0 Å². The van der Waals surface area contributed by atoms with Gasteiger partial charge in [-0.3, -0.25) is 10.1 Å². The van der Waals surface area contributed by atoms with Crippen LogP contribution in [-0.2, 0) is 6.42 Å². The van der Waals surface area contributed by atoms with Crippen LogP contribution in [0.3, 0.4) is 0 Å². The second-order valence-corrected chi connectivity index (χ2v) is 5.10. The molecule has 1 aromatic carbocycles. The van der Waals surface area contributed by atoms with E-state index in [2.05, 4.69) is 4.90 Å². The largest absolute Gasteiger partial charge is 0.396 e. The molecule has 5 nitrogen and oxygen atoms in total. The average molecular weight is 264 g/mol. The molecule has 0 atom stereocenters. The highest BCUT2D eigenvalue weighted by atomic mass is 16.6. The summed E-state index contributed by atoms with van der Waals surface area (Å²) in [6.07, 6.45) is 2.75. The minimum atomic E-state index is -0.312. The number of nitro groups is 1. The van der Waals surface area contributed by atoms with Gasteiger partial charge < -0.3 is 10.0 Å². The number of piperidine rings is 1. The zero-order chi connectivity index (χ0) is 13.7. The van der Waals surface area contributed by atoms with Gasteiger partial charge in [-0.05, 0) is 38.3 Å². The minimum Gasteiger partial charge on any atom is -0.396 e. The third-order valence-corrected chi connectivity index (χ3v) is 3.85. The normalized spacial score (nSPS) is 17.5. The monoisotopic (exact) mass is 264 g/mol. The fraction of sp³-hybridized carbons (Fsp3) is 0.571. The van der Waals surface area contributed by atoms with Crippen LogP contribution in [0.2, 0.25) is 0 Å². The van der Waals surface area contributed by atoms with Crippen molar-refractivity contribution in [2.75, 3.05) is 26.2 Å². The van der Waals surface area contributed by atoms with Crippen molar-refractivity contribution in [3.63, 3.8) is 0 Å². The van der Waals surface area contributed by atoms with E-state index in [9.17, 15) is 10.1 Å². The van der Waals surface area contributed by atoms with Crippen molar-refractivity contribution in [2.45, 2.75) is 19.3 Å². The van der Waals surface area contributed by atoms with Gasteiger partial charge in [0.15, 0.2) is 0 Å². The second-order valence-electron chi connectivity index (χ2n) is 5.10. The maximum Gasteiger partial charge on any atom is 0.272 e. The van der Waals surface area contributed by atoms with E-state index >= 15 is 0 Å². The lowest BCUT2D eigenvalue weighted by Gasteiger charge is -2.30. The summed E-state index contributed by atoms with van der Waals surface area (Å²) in [4.78, 5) is 12.9. The fourth-order valence-electron chi connectivity index (χ4n) is 2.57. The summed E-state index contributed by atoms with van der Waals surface area (Å²) in [6.45, 7) is 3.08. The highest BCUT2D eigenvalue weighted by Gasteiger charge is 2.19. The average Bonchev–Trinajstić information content (AvgIpc) is 2.46. The van der Waals surface area contributed by atoms with Crippen molar-refractivity contribution < 1.29 is 10.0 Å². The number of para-hydroxylation sites is 1. The molecule has 1 saturated heterocycles. The fourth-order valence-corrected chi connectivity index (χ4v) is 2.57. The Morgan fingerprint density at radius 1 is 1.32 bits per heavy atom. The number of nitro benzene ring substituents is 1. The standard InChI is InChI=1S/C14H20N2O3/c17-11-12-5-8-15(9-6-12)10-7-13-3-1-2-4-14(13)16(18)19/h1-4,12,17H,5-11H2. The summed E-state index contributed by atoms with van der Waals surface area (Å²) in [5, 5.41) is 20.0. The van der Waals surface area contributed by atoms with Crippen LogP contribution in [-0.4, -0.2) is 41.2 Å². The van der Waals surface area contributed by atoms with Crippen molar-refractivity contribution in [1.82, 2.24) is 4.90 Å². The Labute approximate surface area is 113 Å². The number of hydrogen-bond acceptors (Lipinski definition) is 4. The van der Waals surface area contributed by atoms with E-state index in [0.717, 1.165) is 38.0 Å². The summed E-state index contributed by atoms with van der Waals surface area (Å²) < 4.78 is 0. The van der Waals surface area contributed by atoms with Crippen LogP contribution in [0.1, 0.15) is 18.4 Å². The van der Waals surface area contributed by atoms with Gasteiger partial charge in [-0.2, -0.15) is 0 Å². The maximum atomic E-state index is 10.9. The van der Waals surface area contributed by atoms with Crippen molar-refractivity contribution in [1.29, 1.82) is 0 Å². The van der Waals surface area contributed by atoms with Gasteiger partial charge in [0.05, 0.1) is 4.92 Å². The number of nitrogens with zero attached hydrogens (tertiary/aromatic N) is 2. The highest BCUT2D eigenvalue weighted by Crippen LogP contribution is 2.20. The Morgan fingerprint density at radius 2 is 2.00 bits per heavy atom. The van der Waals surface area contributed by atoms with E-state index < -0.39 is 0 Å². The molecule has 19 heavy (non-hydrogen) atoms. The first-order valence-electron chi connectivity index (χ1n) is 6.76. The Hall–Kier alpha value is -1.46. The summed E-state index contributed by atoms with van der Waals surface area (Å²) in [7, 11) is 0. The predicted molar refractivity (Wildman–Crippen MR) is 73.1 cm³/mol. The Kier molecular flexibility index (Phi) is 4.87. The van der Waals surface area contributed by atoms with Crippen LogP contribution >= 0.6 is 0 Å². The van der Waals surface area contributed by atoms with Gasteiger partial charge >= 0.3 is 0 Å². The van der Waals surface area contributed by atoms with Crippen LogP contribution < -0.4 is 0 Å². The van der Waals surface area contributed by atoms with Gasteiger partial charge in [0.1, 0.15) is 0 Å². The van der Waals surface area contributed by atoms with Crippen molar-refractivity contribution in [3.05, 3.63) is 39.9 Å². The summed E-state index contributed by atoms with van der Waals surface area (Å²) in [5.41, 5.74) is 1.02. The van der Waals surface area contributed by atoms with Crippen molar-refractivity contribution in [2.24, 2.45) is 5.92 Å². The third-order valence-electron chi connectivity index (χ3n) is 3.85. The third kappa shape index (κ3) is 3.75. The molecule has 0 unspecified atom stereocenters. The molecule has 5 heteroatoms. The molecule has 1 aliphatic heterocycles. The molecule has 0 aromatic heterocycles. The van der Waals surface area contributed by atoms with Crippen LogP contribution in [0.5, 0.6) is 0 Å². The lowest BCUT2D eigenvalue weighted by atomic mass is 9.97. The Balaban J connectivity index is 1.88. The lowest BCUT2D eigenvalue weighted by molar-refractivity contribution is -0.385. The van der Waals surface area contributed by atoms with E-state index in [0.29, 0.717) is 12.3 Å². The number of likely N-dealkylation sites (tertiary alicyclic amines) is 1. The molecule has 2 rings (SSSR count). The zero-order valence-corrected chi connectivity index (χ0v) is 11.0. The first-order chi connectivity index (χ1) is 9.20. The first-order valence-corrected chi connectivity index (χ1v) is 6.76. The molecule has 1 fully saturated rings. The van der Waals surface area contributed by atoms with E-state index in [-0.39, 0.29) is 17.2 Å². The van der Waals surface area contributed by atoms with Crippen LogP contribution in [0.25, 0.3) is 0 Å². The molecule has 0 aliphatic carbocycles. The minimum absolute atomic E-state index is 0.216. The Bertz CT molecular complexity index is 428. The van der Waals surface area contributed by atoms with Gasteiger partial charge in [-0.15, -0.1) is 0 Å². The number of aliphatic hydroxyl groups excluding tert-OH is 1. The van der Waals surface area contributed by atoms with Crippen molar-refractivity contribution >= 4 is 5.69 Å². The van der Waals surface area contributed by atoms with Crippen LogP contribution in [0, 0.1) is 16.0 Å². The van der Waals surface area contributed by atoms with E-state index in [1.54, 1.807) is 12.1 Å². The lowest BCUT2D eigenvalue weighted by Crippen LogP contribution is -2.36. The summed E-state index contributed by atoms with van der Waals surface area (Å²) in [5.74, 6) is 0.433. The molecule has 0 amide bonds. The van der Waals surface area contributed by atoms with E-state index in [1.165, 1.54) is 0 Å². The number of hydrogen-bond donors (Lipinski definition) is 1. The quantitative estimate of drug-likeness (QED) is 0.651. The molecule has 0 radical (unpaired) electrons. The van der Waals surface area contributed by atoms with Gasteiger partial charge in [0.2, 0.25) is 0 Å². The van der Waals surface area contributed by atoms with E-state index in [4.69, 9.17) is 5.11 Å². The van der Waals surface area contributed by atoms with Gasteiger partial charge in [0, 0.05) is 24.8 Å². The van der Waals surface area contributed by atoms with Crippen molar-refractivity contribution in [3.8, 4) is 0 Å². The molecule has 104 valence electrons.